The molecule has 7 heteroatoms. The normalized spacial score (nSPS) is 16.6. The van der Waals surface area contributed by atoms with Crippen LogP contribution in [0.15, 0.2) is 59.1 Å². The molecule has 0 spiro atoms. The molecule has 3 amide bonds. The number of para-hydroxylation sites is 1. The van der Waals surface area contributed by atoms with Crippen LogP contribution in [-0.2, 0) is 9.59 Å². The number of nitrogens with zero attached hydrogens (tertiary/aromatic N) is 1. The number of carbonyl (C=O) groups excluding carboxylic acids is 3. The predicted molar refractivity (Wildman–Crippen MR) is 96.7 cm³/mol. The summed E-state index contributed by atoms with van der Waals surface area (Å²) in [5.41, 5.74) is 5.97. The third-order valence-corrected chi connectivity index (χ3v) is 4.67. The van der Waals surface area contributed by atoms with Gasteiger partial charge >= 0.3 is 0 Å². The molecule has 1 heterocycles. The maximum atomic E-state index is 12.3. The number of anilines is 1. The second-order valence-electron chi connectivity index (χ2n) is 5.66. The molecule has 1 aliphatic rings. The van der Waals surface area contributed by atoms with Crippen LogP contribution in [0.4, 0.5) is 5.69 Å². The van der Waals surface area contributed by atoms with Crippen LogP contribution in [-0.4, -0.2) is 24.3 Å². The monoisotopic (exact) mass is 401 g/mol. The van der Waals surface area contributed by atoms with Crippen molar-refractivity contribution in [1.29, 1.82) is 0 Å². The highest BCUT2D eigenvalue weighted by Crippen LogP contribution is 2.24. The Morgan fingerprint density at radius 1 is 1.00 bits per heavy atom. The van der Waals surface area contributed by atoms with Gasteiger partial charge in [0.15, 0.2) is 0 Å². The van der Waals surface area contributed by atoms with Crippen LogP contribution in [0.5, 0.6) is 0 Å². The molecule has 1 fully saturated rings. The topological polar surface area (TPSA) is 78.5 Å². The average molecular weight is 402 g/mol. The van der Waals surface area contributed by atoms with Crippen molar-refractivity contribution >= 4 is 39.3 Å². The minimum atomic E-state index is -0.507. The van der Waals surface area contributed by atoms with Gasteiger partial charge in [-0.2, -0.15) is 0 Å². The van der Waals surface area contributed by atoms with Crippen LogP contribution < -0.4 is 15.8 Å². The van der Waals surface area contributed by atoms with E-state index in [-0.39, 0.29) is 18.2 Å². The fraction of sp³-hybridized carbons (Fsp3) is 0.167. The van der Waals surface area contributed by atoms with Crippen molar-refractivity contribution in [2.75, 3.05) is 11.4 Å². The Morgan fingerprint density at radius 3 is 2.40 bits per heavy atom. The SMILES string of the molecule is O=C(NNC(=O)[C@@H]1CC(=O)N(c2ccccc2)C1)c1ccccc1Br. The lowest BCUT2D eigenvalue weighted by Gasteiger charge is -2.16. The zero-order chi connectivity index (χ0) is 17.8. The van der Waals surface area contributed by atoms with Gasteiger partial charge in [-0.3, -0.25) is 25.2 Å². The molecule has 2 N–H and O–H groups in total. The second-order valence-corrected chi connectivity index (χ2v) is 6.52. The quantitative estimate of drug-likeness (QED) is 0.774. The highest BCUT2D eigenvalue weighted by atomic mass is 79.9. The fourth-order valence-corrected chi connectivity index (χ4v) is 3.14. The number of amides is 3. The smallest absolute Gasteiger partial charge is 0.270 e. The molecule has 25 heavy (non-hydrogen) atoms. The van der Waals surface area contributed by atoms with E-state index in [1.165, 1.54) is 0 Å². The minimum Gasteiger partial charge on any atom is -0.312 e. The number of nitrogens with one attached hydrogen (secondary N) is 2. The van der Waals surface area contributed by atoms with Gasteiger partial charge in [0.05, 0.1) is 11.5 Å². The van der Waals surface area contributed by atoms with E-state index in [2.05, 4.69) is 26.8 Å². The Labute approximate surface area is 153 Å². The summed E-state index contributed by atoms with van der Waals surface area (Å²) in [7, 11) is 0. The number of hydrogen-bond acceptors (Lipinski definition) is 3. The number of rotatable bonds is 3. The molecule has 128 valence electrons. The van der Waals surface area contributed by atoms with Gasteiger partial charge in [0.1, 0.15) is 0 Å². The summed E-state index contributed by atoms with van der Waals surface area (Å²) in [6.45, 7) is 0.291. The van der Waals surface area contributed by atoms with E-state index in [0.717, 1.165) is 5.69 Å². The molecular weight excluding hydrogens is 386 g/mol. The largest absolute Gasteiger partial charge is 0.312 e. The Balaban J connectivity index is 1.58. The molecule has 6 nitrogen and oxygen atoms in total. The first-order valence-electron chi connectivity index (χ1n) is 7.76. The van der Waals surface area contributed by atoms with Gasteiger partial charge in [-0.05, 0) is 40.2 Å². The number of carbonyl (C=O) groups is 3. The van der Waals surface area contributed by atoms with E-state index >= 15 is 0 Å². The average Bonchev–Trinajstić information content (AvgIpc) is 3.02. The third-order valence-electron chi connectivity index (χ3n) is 3.98. The van der Waals surface area contributed by atoms with E-state index in [1.54, 1.807) is 29.2 Å². The summed E-state index contributed by atoms with van der Waals surface area (Å²) in [5, 5.41) is 0. The lowest BCUT2D eigenvalue weighted by molar-refractivity contribution is -0.126. The van der Waals surface area contributed by atoms with Gasteiger partial charge in [0.25, 0.3) is 5.91 Å². The van der Waals surface area contributed by atoms with Gasteiger partial charge in [-0.1, -0.05) is 30.3 Å². The van der Waals surface area contributed by atoms with E-state index in [0.29, 0.717) is 16.6 Å². The lowest BCUT2D eigenvalue weighted by atomic mass is 10.1. The Kier molecular flexibility index (Phi) is 5.14. The number of benzene rings is 2. The van der Waals surface area contributed by atoms with E-state index < -0.39 is 11.8 Å². The predicted octanol–water partition coefficient (Wildman–Crippen LogP) is 2.26. The molecule has 1 atom stereocenters. The zero-order valence-electron chi connectivity index (χ0n) is 13.2. The zero-order valence-corrected chi connectivity index (χ0v) is 14.8. The highest BCUT2D eigenvalue weighted by Gasteiger charge is 2.35. The summed E-state index contributed by atoms with van der Waals surface area (Å²) in [4.78, 5) is 38.1. The maximum Gasteiger partial charge on any atom is 0.270 e. The van der Waals surface area contributed by atoms with Crippen molar-refractivity contribution in [3.05, 3.63) is 64.6 Å². The second kappa shape index (κ2) is 7.48. The number of hydrazine groups is 1. The first-order chi connectivity index (χ1) is 12.1. The third kappa shape index (κ3) is 3.88. The molecule has 0 aliphatic carbocycles. The van der Waals surface area contributed by atoms with Crippen LogP contribution in [0.1, 0.15) is 16.8 Å². The molecule has 1 saturated heterocycles. The molecule has 0 bridgehead atoms. The molecule has 2 aromatic rings. The standard InChI is InChI=1S/C18H16BrN3O3/c19-15-9-5-4-8-14(15)18(25)21-20-17(24)12-10-16(23)22(11-12)13-6-2-1-3-7-13/h1-9,12H,10-11H2,(H,20,24)(H,21,25)/t12-/m1/s1. The van der Waals surface area contributed by atoms with Crippen molar-refractivity contribution in [2.45, 2.75) is 6.42 Å². The summed E-state index contributed by atoms with van der Waals surface area (Å²) in [6.07, 6.45) is 0.117. The molecular formula is C18H16BrN3O3. The lowest BCUT2D eigenvalue weighted by Crippen LogP contribution is -2.45. The van der Waals surface area contributed by atoms with Crippen molar-refractivity contribution in [2.24, 2.45) is 5.92 Å². The van der Waals surface area contributed by atoms with Gasteiger partial charge in [-0.15, -0.1) is 0 Å². The van der Waals surface area contributed by atoms with Crippen molar-refractivity contribution in [3.63, 3.8) is 0 Å². The summed E-state index contributed by atoms with van der Waals surface area (Å²) >= 11 is 3.29. The number of halogens is 1. The van der Waals surface area contributed by atoms with E-state index in [4.69, 9.17) is 0 Å². The van der Waals surface area contributed by atoms with Gasteiger partial charge < -0.3 is 4.90 Å². The summed E-state index contributed by atoms with van der Waals surface area (Å²) in [5.74, 6) is -1.42. The van der Waals surface area contributed by atoms with Gasteiger partial charge in [0.2, 0.25) is 11.8 Å². The van der Waals surface area contributed by atoms with Crippen LogP contribution in [0, 0.1) is 5.92 Å². The molecule has 0 aromatic heterocycles. The molecule has 0 radical (unpaired) electrons. The first-order valence-corrected chi connectivity index (χ1v) is 8.55. The highest BCUT2D eigenvalue weighted by molar-refractivity contribution is 9.10. The molecule has 2 aromatic carbocycles. The van der Waals surface area contributed by atoms with Crippen LogP contribution >= 0.6 is 15.9 Å². The first kappa shape index (κ1) is 17.2. The Morgan fingerprint density at radius 2 is 1.68 bits per heavy atom. The number of hydrogen-bond donors (Lipinski definition) is 2. The maximum absolute atomic E-state index is 12.3. The molecule has 0 saturated carbocycles. The minimum absolute atomic E-state index is 0.108. The van der Waals surface area contributed by atoms with Crippen molar-refractivity contribution < 1.29 is 14.4 Å². The van der Waals surface area contributed by atoms with Crippen LogP contribution in [0.3, 0.4) is 0 Å². The Hall–Kier alpha value is -2.67. The Bertz CT molecular complexity index is 810. The molecule has 0 unspecified atom stereocenters. The van der Waals surface area contributed by atoms with Gasteiger partial charge in [0, 0.05) is 23.1 Å². The van der Waals surface area contributed by atoms with Gasteiger partial charge in [-0.25, -0.2) is 0 Å². The van der Waals surface area contributed by atoms with E-state index in [9.17, 15) is 14.4 Å². The summed E-state index contributed by atoms with van der Waals surface area (Å²) < 4.78 is 0.632. The van der Waals surface area contributed by atoms with E-state index in [1.807, 2.05) is 30.3 Å². The van der Waals surface area contributed by atoms with Crippen LogP contribution in [0.2, 0.25) is 0 Å². The van der Waals surface area contributed by atoms with Crippen molar-refractivity contribution in [1.82, 2.24) is 10.9 Å². The molecule has 3 rings (SSSR count). The summed E-state index contributed by atoms with van der Waals surface area (Å²) in [6, 6.07) is 16.1. The van der Waals surface area contributed by atoms with Crippen molar-refractivity contribution in [3.8, 4) is 0 Å². The fourth-order valence-electron chi connectivity index (χ4n) is 2.67. The molecule has 1 aliphatic heterocycles. The van der Waals surface area contributed by atoms with Crippen LogP contribution in [0.25, 0.3) is 0 Å².